The number of nitrogens with one attached hydrogen (secondary N) is 1. The molecule has 3 rings (SSSR count). The van der Waals surface area contributed by atoms with Crippen molar-refractivity contribution in [1.82, 2.24) is 24.6 Å². The second-order valence-corrected chi connectivity index (χ2v) is 5.92. The number of rotatable bonds is 3. The topological polar surface area (TPSA) is 76.0 Å². The van der Waals surface area contributed by atoms with Crippen LogP contribution >= 0.6 is 0 Å². The molecule has 3 heterocycles. The first-order chi connectivity index (χ1) is 11.0. The number of morpholine rings is 1. The van der Waals surface area contributed by atoms with Crippen LogP contribution in [0.2, 0.25) is 0 Å². The highest BCUT2D eigenvalue weighted by molar-refractivity contribution is 5.95. The van der Waals surface area contributed by atoms with Crippen LogP contribution in [0.1, 0.15) is 46.4 Å². The van der Waals surface area contributed by atoms with Crippen molar-refractivity contribution in [1.29, 1.82) is 0 Å². The number of hydrogen-bond acceptors (Lipinski definition) is 4. The summed E-state index contributed by atoms with van der Waals surface area (Å²) in [5, 5.41) is 6.97. The van der Waals surface area contributed by atoms with E-state index in [1.165, 1.54) is 0 Å². The zero-order valence-electron chi connectivity index (χ0n) is 14.1. The smallest absolute Gasteiger partial charge is 0.255 e. The quantitative estimate of drug-likeness (QED) is 0.936. The number of aromatic nitrogens is 4. The minimum absolute atomic E-state index is 0.0540. The van der Waals surface area contributed by atoms with E-state index in [4.69, 9.17) is 4.74 Å². The molecule has 1 saturated heterocycles. The molecule has 0 saturated carbocycles. The van der Waals surface area contributed by atoms with Crippen LogP contribution in [-0.2, 0) is 11.3 Å². The summed E-state index contributed by atoms with van der Waals surface area (Å²) in [6.07, 6.45) is -0.271. The Balaban J connectivity index is 1.80. The lowest BCUT2D eigenvalue weighted by Gasteiger charge is -2.31. The van der Waals surface area contributed by atoms with Crippen LogP contribution in [0.5, 0.6) is 0 Å². The third-order valence-electron chi connectivity index (χ3n) is 4.38. The minimum Gasteiger partial charge on any atom is -0.366 e. The summed E-state index contributed by atoms with van der Waals surface area (Å²) < 4.78 is 7.89. The third-order valence-corrected chi connectivity index (χ3v) is 4.38. The van der Waals surface area contributed by atoms with Crippen molar-refractivity contribution in [3.05, 3.63) is 34.7 Å². The zero-order chi connectivity index (χ0) is 16.6. The van der Waals surface area contributed by atoms with Crippen molar-refractivity contribution in [2.24, 2.45) is 0 Å². The summed E-state index contributed by atoms with van der Waals surface area (Å²) in [5.41, 5.74) is 2.91. The van der Waals surface area contributed by atoms with E-state index < -0.39 is 0 Å². The molecule has 7 nitrogen and oxygen atoms in total. The molecular formula is C16H23N5O2. The number of aryl methyl sites for hydroxylation is 2. The fourth-order valence-electron chi connectivity index (χ4n) is 3.17. The lowest BCUT2D eigenvalue weighted by molar-refractivity contribution is -0.0267. The highest BCUT2D eigenvalue weighted by Gasteiger charge is 2.30. The van der Waals surface area contributed by atoms with Gasteiger partial charge in [-0.3, -0.25) is 9.89 Å². The van der Waals surface area contributed by atoms with E-state index in [0.29, 0.717) is 25.5 Å². The van der Waals surface area contributed by atoms with Gasteiger partial charge in [0.25, 0.3) is 5.91 Å². The summed E-state index contributed by atoms with van der Waals surface area (Å²) >= 11 is 0. The van der Waals surface area contributed by atoms with Gasteiger partial charge in [-0.05, 0) is 33.8 Å². The predicted molar refractivity (Wildman–Crippen MR) is 85.3 cm³/mol. The fourth-order valence-corrected chi connectivity index (χ4v) is 3.17. The lowest BCUT2D eigenvalue weighted by Crippen LogP contribution is -2.42. The Morgan fingerprint density at radius 1 is 1.43 bits per heavy atom. The van der Waals surface area contributed by atoms with Crippen molar-refractivity contribution < 1.29 is 9.53 Å². The number of aromatic amines is 1. The maximum atomic E-state index is 12.9. The first-order valence-corrected chi connectivity index (χ1v) is 7.97. The molecule has 1 aliphatic rings. The van der Waals surface area contributed by atoms with Crippen LogP contribution < -0.4 is 0 Å². The molecule has 23 heavy (non-hydrogen) atoms. The second-order valence-electron chi connectivity index (χ2n) is 5.92. The number of nitrogens with zero attached hydrogens (tertiary/aromatic N) is 4. The van der Waals surface area contributed by atoms with Crippen LogP contribution in [-0.4, -0.2) is 50.3 Å². The fraction of sp³-hybridized carbons (Fsp3) is 0.562. The highest BCUT2D eigenvalue weighted by Crippen LogP contribution is 2.23. The van der Waals surface area contributed by atoms with Crippen LogP contribution in [0.15, 0.2) is 6.07 Å². The van der Waals surface area contributed by atoms with Crippen molar-refractivity contribution >= 4 is 5.91 Å². The zero-order valence-corrected chi connectivity index (χ0v) is 14.1. The van der Waals surface area contributed by atoms with Gasteiger partial charge in [-0.15, -0.1) is 0 Å². The van der Waals surface area contributed by atoms with Gasteiger partial charge in [0.2, 0.25) is 0 Å². The van der Waals surface area contributed by atoms with Crippen molar-refractivity contribution in [2.45, 2.75) is 40.3 Å². The number of H-pyrrole nitrogens is 1. The molecule has 0 radical (unpaired) electrons. The van der Waals surface area contributed by atoms with Gasteiger partial charge in [-0.1, -0.05) is 0 Å². The first kappa shape index (κ1) is 15.7. The molecule has 124 valence electrons. The first-order valence-electron chi connectivity index (χ1n) is 7.97. The summed E-state index contributed by atoms with van der Waals surface area (Å²) in [6, 6.07) is 1.97. The van der Waals surface area contributed by atoms with E-state index in [-0.39, 0.29) is 12.0 Å². The van der Waals surface area contributed by atoms with Gasteiger partial charge in [0, 0.05) is 24.5 Å². The van der Waals surface area contributed by atoms with Gasteiger partial charge in [0.15, 0.2) is 5.82 Å². The van der Waals surface area contributed by atoms with Crippen LogP contribution in [0.3, 0.4) is 0 Å². The average molecular weight is 317 g/mol. The Labute approximate surface area is 135 Å². The van der Waals surface area contributed by atoms with E-state index in [2.05, 4.69) is 26.7 Å². The Hall–Kier alpha value is -2.15. The standard InChI is InChI=1S/C16H23N5O2/c1-5-21-10(2)8-13(11(21)3)16(22)20-6-7-23-14(9-20)15-17-12(4)18-19-15/h8,14H,5-7,9H2,1-4H3,(H,17,18,19)/t14-/m0/s1. The van der Waals surface area contributed by atoms with E-state index in [9.17, 15) is 4.79 Å². The van der Waals surface area contributed by atoms with Gasteiger partial charge in [0.05, 0.1) is 18.7 Å². The highest BCUT2D eigenvalue weighted by atomic mass is 16.5. The lowest BCUT2D eigenvalue weighted by atomic mass is 10.2. The monoisotopic (exact) mass is 317 g/mol. The summed E-state index contributed by atoms with van der Waals surface area (Å²) in [5.74, 6) is 1.41. The number of carbonyl (C=O) groups is 1. The van der Waals surface area contributed by atoms with Crippen LogP contribution in [0, 0.1) is 20.8 Å². The summed E-state index contributed by atoms with van der Waals surface area (Å²) in [7, 11) is 0. The molecular weight excluding hydrogens is 294 g/mol. The molecule has 0 bridgehead atoms. The molecule has 7 heteroatoms. The molecule has 1 aliphatic heterocycles. The Morgan fingerprint density at radius 3 is 2.83 bits per heavy atom. The molecule has 1 amide bonds. The Kier molecular flexibility index (Phi) is 4.21. The molecule has 2 aromatic rings. The Morgan fingerprint density at radius 2 is 2.22 bits per heavy atom. The van der Waals surface area contributed by atoms with E-state index in [0.717, 1.165) is 29.3 Å². The molecule has 0 aromatic carbocycles. The number of amides is 1. The molecule has 1 N–H and O–H groups in total. The van der Waals surface area contributed by atoms with E-state index in [1.54, 1.807) is 0 Å². The predicted octanol–water partition coefficient (Wildman–Crippen LogP) is 1.77. The number of carbonyl (C=O) groups excluding carboxylic acids is 1. The average Bonchev–Trinajstić information content (AvgIpc) is 3.10. The molecule has 0 unspecified atom stereocenters. The van der Waals surface area contributed by atoms with Crippen LogP contribution in [0.25, 0.3) is 0 Å². The van der Waals surface area contributed by atoms with Crippen molar-refractivity contribution in [2.75, 3.05) is 19.7 Å². The number of hydrogen-bond donors (Lipinski definition) is 1. The van der Waals surface area contributed by atoms with Gasteiger partial charge >= 0.3 is 0 Å². The molecule has 1 atom stereocenters. The van der Waals surface area contributed by atoms with Gasteiger partial charge < -0.3 is 14.2 Å². The maximum Gasteiger partial charge on any atom is 0.255 e. The Bertz CT molecular complexity index is 718. The summed E-state index contributed by atoms with van der Waals surface area (Å²) in [4.78, 5) is 19.0. The second kappa shape index (κ2) is 6.16. The van der Waals surface area contributed by atoms with Crippen molar-refractivity contribution in [3.8, 4) is 0 Å². The van der Waals surface area contributed by atoms with Gasteiger partial charge in [0.1, 0.15) is 11.9 Å². The molecule has 0 aliphatic carbocycles. The van der Waals surface area contributed by atoms with E-state index in [1.807, 2.05) is 31.7 Å². The van der Waals surface area contributed by atoms with Crippen molar-refractivity contribution in [3.63, 3.8) is 0 Å². The SMILES string of the molecule is CCn1c(C)cc(C(=O)N2CCO[C@H](c3n[nH]c(C)n3)C2)c1C. The third kappa shape index (κ3) is 2.88. The van der Waals surface area contributed by atoms with E-state index >= 15 is 0 Å². The van der Waals surface area contributed by atoms with Gasteiger partial charge in [-0.25, -0.2) is 4.98 Å². The maximum absolute atomic E-state index is 12.9. The molecule has 1 fully saturated rings. The molecule has 0 spiro atoms. The van der Waals surface area contributed by atoms with Crippen LogP contribution in [0.4, 0.5) is 0 Å². The minimum atomic E-state index is -0.271. The molecule has 2 aromatic heterocycles. The summed E-state index contributed by atoms with van der Waals surface area (Å²) in [6.45, 7) is 10.4. The largest absolute Gasteiger partial charge is 0.366 e. The van der Waals surface area contributed by atoms with Gasteiger partial charge in [-0.2, -0.15) is 5.10 Å². The normalized spacial score (nSPS) is 18.4. The number of ether oxygens (including phenoxy) is 1.